The molecule has 0 aromatic carbocycles. The maximum absolute atomic E-state index is 11.9. The van der Waals surface area contributed by atoms with E-state index in [1.165, 1.54) is 12.4 Å². The smallest absolute Gasteiger partial charge is 0.271 e. The molecule has 0 radical (unpaired) electrons. The molecule has 1 aromatic rings. The fraction of sp³-hybridized carbons (Fsp3) is 0.643. The molecule has 0 saturated carbocycles. The second-order valence-corrected chi connectivity index (χ2v) is 5.45. The van der Waals surface area contributed by atoms with Crippen LogP contribution in [-0.2, 0) is 4.74 Å². The normalized spacial score (nSPS) is 20.1. The largest absolute Gasteiger partial charge is 0.374 e. The zero-order chi connectivity index (χ0) is 14.4. The SMILES string of the molecule is CC(C)CN1CCOC(CNC(=O)c2cnccn2)C1. The van der Waals surface area contributed by atoms with Crippen LogP contribution in [0.4, 0.5) is 0 Å². The fourth-order valence-electron chi connectivity index (χ4n) is 2.30. The van der Waals surface area contributed by atoms with Crippen LogP contribution >= 0.6 is 0 Å². The third-order valence-electron chi connectivity index (χ3n) is 3.13. The first-order valence-electron chi connectivity index (χ1n) is 7.03. The Morgan fingerprint density at radius 1 is 1.55 bits per heavy atom. The standard InChI is InChI=1S/C14H22N4O2/c1-11(2)9-18-5-6-20-12(10-18)7-17-14(19)13-8-15-3-4-16-13/h3-4,8,11-12H,5-7,9-10H2,1-2H3,(H,17,19). The lowest BCUT2D eigenvalue weighted by Crippen LogP contribution is -2.48. The summed E-state index contributed by atoms with van der Waals surface area (Å²) in [6.07, 6.45) is 4.56. The molecular weight excluding hydrogens is 256 g/mol. The van der Waals surface area contributed by atoms with Gasteiger partial charge in [0.25, 0.3) is 5.91 Å². The average molecular weight is 278 g/mol. The van der Waals surface area contributed by atoms with Gasteiger partial charge in [-0.05, 0) is 5.92 Å². The summed E-state index contributed by atoms with van der Waals surface area (Å²) in [4.78, 5) is 22.1. The Kier molecular flexibility index (Phi) is 5.43. The van der Waals surface area contributed by atoms with Crippen LogP contribution in [0.5, 0.6) is 0 Å². The number of nitrogens with zero attached hydrogens (tertiary/aromatic N) is 3. The average Bonchev–Trinajstić information content (AvgIpc) is 2.45. The number of carbonyl (C=O) groups is 1. The Bertz CT molecular complexity index is 424. The van der Waals surface area contributed by atoms with E-state index in [1.54, 1.807) is 6.20 Å². The van der Waals surface area contributed by atoms with Crippen molar-refractivity contribution < 1.29 is 9.53 Å². The van der Waals surface area contributed by atoms with Crippen LogP contribution in [0.2, 0.25) is 0 Å². The maximum Gasteiger partial charge on any atom is 0.271 e. The molecule has 1 N–H and O–H groups in total. The van der Waals surface area contributed by atoms with E-state index in [0.717, 1.165) is 26.2 Å². The highest BCUT2D eigenvalue weighted by molar-refractivity contribution is 5.91. The molecule has 0 aliphatic carbocycles. The monoisotopic (exact) mass is 278 g/mol. The molecule has 110 valence electrons. The quantitative estimate of drug-likeness (QED) is 0.852. The first-order chi connectivity index (χ1) is 9.65. The van der Waals surface area contributed by atoms with Gasteiger partial charge in [0, 0.05) is 38.6 Å². The topological polar surface area (TPSA) is 67.3 Å². The highest BCUT2D eigenvalue weighted by atomic mass is 16.5. The number of aromatic nitrogens is 2. The molecule has 2 heterocycles. The van der Waals surface area contributed by atoms with Crippen molar-refractivity contribution in [2.45, 2.75) is 20.0 Å². The van der Waals surface area contributed by atoms with E-state index in [-0.39, 0.29) is 12.0 Å². The van der Waals surface area contributed by atoms with Crippen molar-refractivity contribution in [1.29, 1.82) is 0 Å². The number of hydrogen-bond acceptors (Lipinski definition) is 5. The zero-order valence-electron chi connectivity index (χ0n) is 12.1. The number of ether oxygens (including phenoxy) is 1. The van der Waals surface area contributed by atoms with Crippen molar-refractivity contribution in [3.05, 3.63) is 24.3 Å². The molecule has 20 heavy (non-hydrogen) atoms. The van der Waals surface area contributed by atoms with Crippen LogP contribution in [0, 0.1) is 5.92 Å². The van der Waals surface area contributed by atoms with Gasteiger partial charge in [-0.3, -0.25) is 14.7 Å². The first kappa shape index (κ1) is 14.9. The van der Waals surface area contributed by atoms with Gasteiger partial charge in [-0.15, -0.1) is 0 Å². The lowest BCUT2D eigenvalue weighted by molar-refractivity contribution is -0.0295. The molecule has 1 amide bonds. The molecule has 2 rings (SSSR count). The van der Waals surface area contributed by atoms with Crippen molar-refractivity contribution in [3.8, 4) is 0 Å². The van der Waals surface area contributed by atoms with Gasteiger partial charge in [0.1, 0.15) is 5.69 Å². The zero-order valence-corrected chi connectivity index (χ0v) is 12.1. The summed E-state index contributed by atoms with van der Waals surface area (Å²) in [6, 6.07) is 0. The Balaban J connectivity index is 1.77. The van der Waals surface area contributed by atoms with E-state index in [2.05, 4.69) is 34.0 Å². The molecule has 0 spiro atoms. The van der Waals surface area contributed by atoms with Crippen molar-refractivity contribution in [1.82, 2.24) is 20.2 Å². The van der Waals surface area contributed by atoms with Crippen LogP contribution in [-0.4, -0.2) is 59.7 Å². The van der Waals surface area contributed by atoms with E-state index < -0.39 is 0 Å². The Labute approximate surface area is 119 Å². The molecule has 1 aliphatic rings. The van der Waals surface area contributed by atoms with Crippen LogP contribution in [0.1, 0.15) is 24.3 Å². The fourth-order valence-corrected chi connectivity index (χ4v) is 2.30. The summed E-state index contributed by atoms with van der Waals surface area (Å²) < 4.78 is 5.68. The predicted molar refractivity (Wildman–Crippen MR) is 75.4 cm³/mol. The number of nitrogens with one attached hydrogen (secondary N) is 1. The minimum Gasteiger partial charge on any atom is -0.374 e. The number of amides is 1. The van der Waals surface area contributed by atoms with Gasteiger partial charge in [-0.2, -0.15) is 0 Å². The van der Waals surface area contributed by atoms with Crippen molar-refractivity contribution in [2.75, 3.05) is 32.8 Å². The highest BCUT2D eigenvalue weighted by Crippen LogP contribution is 2.07. The number of hydrogen-bond donors (Lipinski definition) is 1. The first-order valence-corrected chi connectivity index (χ1v) is 7.03. The van der Waals surface area contributed by atoms with E-state index >= 15 is 0 Å². The minimum absolute atomic E-state index is 0.0446. The lowest BCUT2D eigenvalue weighted by atomic mass is 10.2. The minimum atomic E-state index is -0.206. The summed E-state index contributed by atoms with van der Waals surface area (Å²) in [5.74, 6) is 0.436. The van der Waals surface area contributed by atoms with E-state index in [4.69, 9.17) is 4.74 Å². The molecule has 1 unspecified atom stereocenters. The van der Waals surface area contributed by atoms with Crippen molar-refractivity contribution >= 4 is 5.91 Å². The molecule has 1 fully saturated rings. The molecular formula is C14H22N4O2. The van der Waals surface area contributed by atoms with Crippen LogP contribution in [0.3, 0.4) is 0 Å². The molecule has 6 nitrogen and oxygen atoms in total. The van der Waals surface area contributed by atoms with Gasteiger partial charge in [-0.25, -0.2) is 4.98 Å². The molecule has 1 saturated heterocycles. The van der Waals surface area contributed by atoms with E-state index in [1.807, 2.05) is 0 Å². The number of rotatable bonds is 5. The van der Waals surface area contributed by atoms with E-state index in [9.17, 15) is 4.79 Å². The maximum atomic E-state index is 11.9. The van der Waals surface area contributed by atoms with Gasteiger partial charge in [0.2, 0.25) is 0 Å². The molecule has 1 aromatic heterocycles. The Hall–Kier alpha value is -1.53. The van der Waals surface area contributed by atoms with Crippen LogP contribution in [0.15, 0.2) is 18.6 Å². The van der Waals surface area contributed by atoms with Crippen molar-refractivity contribution in [2.24, 2.45) is 5.92 Å². The van der Waals surface area contributed by atoms with Gasteiger partial charge in [0.15, 0.2) is 0 Å². The molecule has 6 heteroatoms. The molecule has 0 bridgehead atoms. The number of morpholine rings is 1. The van der Waals surface area contributed by atoms with Crippen LogP contribution < -0.4 is 5.32 Å². The third-order valence-corrected chi connectivity index (χ3v) is 3.13. The summed E-state index contributed by atoms with van der Waals surface area (Å²) in [6.45, 7) is 8.53. The summed E-state index contributed by atoms with van der Waals surface area (Å²) in [5, 5.41) is 2.85. The van der Waals surface area contributed by atoms with Gasteiger partial charge >= 0.3 is 0 Å². The predicted octanol–water partition coefficient (Wildman–Crippen LogP) is 0.563. The van der Waals surface area contributed by atoms with Crippen molar-refractivity contribution in [3.63, 3.8) is 0 Å². The van der Waals surface area contributed by atoms with Crippen LogP contribution in [0.25, 0.3) is 0 Å². The second-order valence-electron chi connectivity index (χ2n) is 5.45. The summed E-state index contributed by atoms with van der Waals surface area (Å²) in [5.41, 5.74) is 0.336. The lowest BCUT2D eigenvalue weighted by Gasteiger charge is -2.33. The Morgan fingerprint density at radius 3 is 3.10 bits per heavy atom. The number of carbonyl (C=O) groups excluding carboxylic acids is 1. The third kappa shape index (κ3) is 4.54. The molecule has 1 atom stereocenters. The molecule has 1 aliphatic heterocycles. The van der Waals surface area contributed by atoms with Gasteiger partial charge in [-0.1, -0.05) is 13.8 Å². The van der Waals surface area contributed by atoms with Gasteiger partial charge in [0.05, 0.1) is 18.9 Å². The summed E-state index contributed by atoms with van der Waals surface area (Å²) in [7, 11) is 0. The van der Waals surface area contributed by atoms with E-state index in [0.29, 0.717) is 18.2 Å². The second kappa shape index (κ2) is 7.31. The highest BCUT2D eigenvalue weighted by Gasteiger charge is 2.21. The Morgan fingerprint density at radius 2 is 2.40 bits per heavy atom. The van der Waals surface area contributed by atoms with Gasteiger partial charge < -0.3 is 10.1 Å². The summed E-state index contributed by atoms with van der Waals surface area (Å²) >= 11 is 0.